The first-order valence-corrected chi connectivity index (χ1v) is 7.22. The fourth-order valence-electron chi connectivity index (χ4n) is 2.40. The van der Waals surface area contributed by atoms with Crippen LogP contribution in [0.1, 0.15) is 25.3 Å². The first-order chi connectivity index (χ1) is 8.98. The molecule has 1 aliphatic rings. The molecule has 1 aromatic carbocycles. The molecule has 1 aromatic rings. The molecular weight excluding hydrogens is 283 g/mol. The van der Waals surface area contributed by atoms with Gasteiger partial charge in [0.05, 0.1) is 16.1 Å². The van der Waals surface area contributed by atoms with Crippen LogP contribution in [0.25, 0.3) is 0 Å². The van der Waals surface area contributed by atoms with E-state index >= 15 is 0 Å². The number of rotatable bonds is 3. The second kappa shape index (κ2) is 5.70. The maximum absolute atomic E-state index is 12.5. The zero-order chi connectivity index (χ0) is 14.0. The Bertz CT molecular complexity index is 496. The molecule has 0 bridgehead atoms. The van der Waals surface area contributed by atoms with Gasteiger partial charge in [-0.15, -0.1) is 0 Å². The summed E-state index contributed by atoms with van der Waals surface area (Å²) in [6.07, 6.45) is 1.66. The average molecular weight is 301 g/mol. The number of benzene rings is 1. The number of hydrogen-bond acceptors (Lipinski definition) is 2. The SMILES string of the molecule is CCC1(C(=O)Nc2cc(Cl)c(C)cc2Cl)CCNC1. The van der Waals surface area contributed by atoms with Crippen molar-refractivity contribution in [2.24, 2.45) is 5.41 Å². The molecular formula is C14H18Cl2N2O. The molecule has 3 nitrogen and oxygen atoms in total. The minimum absolute atomic E-state index is 0.0156. The van der Waals surface area contributed by atoms with E-state index in [0.29, 0.717) is 22.3 Å². The maximum Gasteiger partial charge on any atom is 0.231 e. The molecule has 5 heteroatoms. The van der Waals surface area contributed by atoms with E-state index in [9.17, 15) is 4.79 Å². The number of carbonyl (C=O) groups is 1. The van der Waals surface area contributed by atoms with Gasteiger partial charge in [-0.05, 0) is 44.0 Å². The third kappa shape index (κ3) is 2.88. The number of hydrogen-bond donors (Lipinski definition) is 2. The van der Waals surface area contributed by atoms with Gasteiger partial charge >= 0.3 is 0 Å². The zero-order valence-electron chi connectivity index (χ0n) is 11.1. The van der Waals surface area contributed by atoms with Crippen LogP contribution in [0.5, 0.6) is 0 Å². The zero-order valence-corrected chi connectivity index (χ0v) is 12.7. The number of aryl methyl sites for hydroxylation is 1. The van der Waals surface area contributed by atoms with Gasteiger partial charge in [-0.2, -0.15) is 0 Å². The molecule has 1 saturated heterocycles. The van der Waals surface area contributed by atoms with Crippen molar-refractivity contribution in [1.29, 1.82) is 0 Å². The Hall–Kier alpha value is -0.770. The number of amides is 1. The predicted molar refractivity (Wildman–Crippen MR) is 80.0 cm³/mol. The fraction of sp³-hybridized carbons (Fsp3) is 0.500. The predicted octanol–water partition coefficient (Wildman–Crippen LogP) is 3.63. The lowest BCUT2D eigenvalue weighted by atomic mass is 9.83. The van der Waals surface area contributed by atoms with Gasteiger partial charge in [-0.1, -0.05) is 30.1 Å². The first-order valence-electron chi connectivity index (χ1n) is 6.46. The van der Waals surface area contributed by atoms with Crippen molar-refractivity contribution in [1.82, 2.24) is 5.32 Å². The fourth-order valence-corrected chi connectivity index (χ4v) is 2.83. The summed E-state index contributed by atoms with van der Waals surface area (Å²) >= 11 is 12.2. The smallest absolute Gasteiger partial charge is 0.231 e. The molecule has 1 atom stereocenters. The molecule has 0 aromatic heterocycles. The number of anilines is 1. The highest BCUT2D eigenvalue weighted by atomic mass is 35.5. The van der Waals surface area contributed by atoms with Crippen LogP contribution in [0.3, 0.4) is 0 Å². The van der Waals surface area contributed by atoms with Gasteiger partial charge in [0.25, 0.3) is 0 Å². The van der Waals surface area contributed by atoms with Crippen LogP contribution in [0.4, 0.5) is 5.69 Å². The van der Waals surface area contributed by atoms with E-state index in [1.165, 1.54) is 0 Å². The Balaban J connectivity index is 2.21. The van der Waals surface area contributed by atoms with Crippen molar-refractivity contribution < 1.29 is 4.79 Å². The highest BCUT2D eigenvalue weighted by molar-refractivity contribution is 6.36. The number of nitrogens with one attached hydrogen (secondary N) is 2. The Kier molecular flexibility index (Phi) is 4.39. The van der Waals surface area contributed by atoms with Crippen LogP contribution < -0.4 is 10.6 Å². The van der Waals surface area contributed by atoms with E-state index in [0.717, 1.165) is 24.9 Å². The molecule has 0 radical (unpaired) electrons. The summed E-state index contributed by atoms with van der Waals surface area (Å²) in [5.74, 6) is 0.0156. The van der Waals surface area contributed by atoms with Gasteiger partial charge in [-0.25, -0.2) is 0 Å². The van der Waals surface area contributed by atoms with Gasteiger partial charge in [0.1, 0.15) is 0 Å². The van der Waals surface area contributed by atoms with Crippen molar-refractivity contribution in [2.75, 3.05) is 18.4 Å². The summed E-state index contributed by atoms with van der Waals surface area (Å²) < 4.78 is 0. The quantitative estimate of drug-likeness (QED) is 0.895. The molecule has 0 spiro atoms. The lowest BCUT2D eigenvalue weighted by molar-refractivity contribution is -0.124. The summed E-state index contributed by atoms with van der Waals surface area (Å²) in [4.78, 5) is 12.5. The molecule has 1 amide bonds. The van der Waals surface area contributed by atoms with Gasteiger partial charge < -0.3 is 10.6 Å². The molecule has 2 N–H and O–H groups in total. The summed E-state index contributed by atoms with van der Waals surface area (Å²) in [7, 11) is 0. The largest absolute Gasteiger partial charge is 0.324 e. The lowest BCUT2D eigenvalue weighted by Crippen LogP contribution is -2.37. The number of carbonyl (C=O) groups excluding carboxylic acids is 1. The second-order valence-electron chi connectivity index (χ2n) is 5.10. The third-order valence-corrected chi connectivity index (χ3v) is 4.62. The van der Waals surface area contributed by atoms with Crippen molar-refractivity contribution in [3.63, 3.8) is 0 Å². The van der Waals surface area contributed by atoms with Crippen molar-refractivity contribution >= 4 is 34.8 Å². The van der Waals surface area contributed by atoms with Gasteiger partial charge in [0, 0.05) is 11.6 Å². The summed E-state index contributed by atoms with van der Waals surface area (Å²) in [5.41, 5.74) is 1.15. The van der Waals surface area contributed by atoms with Gasteiger partial charge in [0.2, 0.25) is 5.91 Å². The van der Waals surface area contributed by atoms with Gasteiger partial charge in [-0.3, -0.25) is 4.79 Å². The number of halogens is 2. The van der Waals surface area contributed by atoms with Crippen molar-refractivity contribution in [3.8, 4) is 0 Å². The van der Waals surface area contributed by atoms with Crippen molar-refractivity contribution in [2.45, 2.75) is 26.7 Å². The Morgan fingerprint density at radius 3 is 2.74 bits per heavy atom. The van der Waals surface area contributed by atoms with E-state index < -0.39 is 0 Å². The van der Waals surface area contributed by atoms with E-state index in [1.807, 2.05) is 13.8 Å². The lowest BCUT2D eigenvalue weighted by Gasteiger charge is -2.25. The molecule has 1 fully saturated rings. The second-order valence-corrected chi connectivity index (χ2v) is 5.91. The molecule has 0 aliphatic carbocycles. The Labute approximate surface area is 123 Å². The van der Waals surface area contributed by atoms with Crippen LogP contribution in [-0.2, 0) is 4.79 Å². The monoisotopic (exact) mass is 300 g/mol. The minimum atomic E-state index is -0.333. The van der Waals surface area contributed by atoms with Crippen LogP contribution in [0.2, 0.25) is 10.0 Å². The van der Waals surface area contributed by atoms with E-state index in [4.69, 9.17) is 23.2 Å². The molecule has 2 rings (SSSR count). The van der Waals surface area contributed by atoms with E-state index in [2.05, 4.69) is 10.6 Å². The highest BCUT2D eigenvalue weighted by Gasteiger charge is 2.39. The van der Waals surface area contributed by atoms with Crippen molar-refractivity contribution in [3.05, 3.63) is 27.7 Å². The summed E-state index contributed by atoms with van der Waals surface area (Å²) in [6, 6.07) is 3.48. The molecule has 0 saturated carbocycles. The highest BCUT2D eigenvalue weighted by Crippen LogP contribution is 2.34. The normalized spacial score (nSPS) is 22.5. The average Bonchev–Trinajstić information content (AvgIpc) is 2.86. The van der Waals surface area contributed by atoms with Crippen LogP contribution in [0, 0.1) is 12.3 Å². The molecule has 1 unspecified atom stereocenters. The molecule has 1 heterocycles. The molecule has 19 heavy (non-hydrogen) atoms. The van der Waals surface area contributed by atoms with E-state index in [1.54, 1.807) is 12.1 Å². The third-order valence-electron chi connectivity index (χ3n) is 3.90. The van der Waals surface area contributed by atoms with E-state index in [-0.39, 0.29) is 11.3 Å². The van der Waals surface area contributed by atoms with Gasteiger partial charge in [0.15, 0.2) is 0 Å². The summed E-state index contributed by atoms with van der Waals surface area (Å²) in [5, 5.41) is 7.29. The maximum atomic E-state index is 12.5. The topological polar surface area (TPSA) is 41.1 Å². The van der Waals surface area contributed by atoms with Crippen LogP contribution >= 0.6 is 23.2 Å². The Morgan fingerprint density at radius 1 is 1.42 bits per heavy atom. The van der Waals surface area contributed by atoms with Crippen LogP contribution in [0.15, 0.2) is 12.1 Å². The van der Waals surface area contributed by atoms with Crippen LogP contribution in [-0.4, -0.2) is 19.0 Å². The standard InChI is InChI=1S/C14H18Cl2N2O/c1-3-14(4-5-17-8-14)13(19)18-12-7-10(15)9(2)6-11(12)16/h6-7,17H,3-5,8H2,1-2H3,(H,18,19). The first kappa shape index (κ1) is 14.6. The Morgan fingerprint density at radius 2 is 2.16 bits per heavy atom. The molecule has 1 aliphatic heterocycles. The summed E-state index contributed by atoms with van der Waals surface area (Å²) in [6.45, 7) is 5.51. The molecule has 104 valence electrons. The minimum Gasteiger partial charge on any atom is -0.324 e.